The Kier molecular flexibility index (Phi) is 3.53. The standard InChI is InChI=1S/C12H9ClF3N3/c13-8-5-10(17)11(18-6-8)19-9-3-1-7(2-4-9)12(14,15)16/h1-6H,17H2,(H,18,19). The fourth-order valence-corrected chi connectivity index (χ4v) is 1.60. The van der Waals surface area contributed by atoms with Gasteiger partial charge in [-0.25, -0.2) is 4.98 Å². The minimum absolute atomic E-state index is 0.312. The number of hydrogen-bond acceptors (Lipinski definition) is 3. The summed E-state index contributed by atoms with van der Waals surface area (Å²) in [5.41, 5.74) is 5.73. The van der Waals surface area contributed by atoms with Crippen molar-refractivity contribution in [1.29, 1.82) is 0 Å². The number of alkyl halides is 3. The maximum Gasteiger partial charge on any atom is 0.416 e. The number of nitrogens with zero attached hydrogens (tertiary/aromatic N) is 1. The van der Waals surface area contributed by atoms with Gasteiger partial charge in [-0.3, -0.25) is 0 Å². The molecule has 0 aliphatic rings. The number of nitrogens with one attached hydrogen (secondary N) is 1. The van der Waals surface area contributed by atoms with Gasteiger partial charge in [-0.2, -0.15) is 13.2 Å². The summed E-state index contributed by atoms with van der Waals surface area (Å²) in [6.45, 7) is 0. The van der Waals surface area contributed by atoms with Gasteiger partial charge in [0, 0.05) is 11.9 Å². The van der Waals surface area contributed by atoms with E-state index in [0.29, 0.717) is 22.2 Å². The van der Waals surface area contributed by atoms with E-state index in [0.717, 1.165) is 12.1 Å². The molecule has 3 nitrogen and oxygen atoms in total. The Hall–Kier alpha value is -1.95. The maximum atomic E-state index is 12.4. The molecule has 0 aliphatic heterocycles. The molecule has 7 heteroatoms. The summed E-state index contributed by atoms with van der Waals surface area (Å²) in [5.74, 6) is 0.337. The molecule has 0 radical (unpaired) electrons. The van der Waals surface area contributed by atoms with Crippen molar-refractivity contribution >= 4 is 28.8 Å². The molecule has 0 bridgehead atoms. The monoisotopic (exact) mass is 287 g/mol. The smallest absolute Gasteiger partial charge is 0.396 e. The van der Waals surface area contributed by atoms with Crippen LogP contribution in [0.25, 0.3) is 0 Å². The summed E-state index contributed by atoms with van der Waals surface area (Å²) in [7, 11) is 0. The van der Waals surface area contributed by atoms with E-state index in [1.54, 1.807) is 0 Å². The molecular weight excluding hydrogens is 279 g/mol. The zero-order chi connectivity index (χ0) is 14.0. The molecule has 0 amide bonds. The molecule has 0 aliphatic carbocycles. The Morgan fingerprint density at radius 3 is 2.32 bits per heavy atom. The highest BCUT2D eigenvalue weighted by atomic mass is 35.5. The number of rotatable bonds is 2. The number of aromatic nitrogens is 1. The Labute approximate surface area is 112 Å². The Bertz CT molecular complexity index is 582. The van der Waals surface area contributed by atoms with Gasteiger partial charge in [0.1, 0.15) is 0 Å². The third-order valence-electron chi connectivity index (χ3n) is 2.36. The number of nitrogens with two attached hydrogens (primary N) is 1. The summed E-state index contributed by atoms with van der Waals surface area (Å²) in [6.07, 6.45) is -2.96. The largest absolute Gasteiger partial charge is 0.416 e. The number of hydrogen-bond donors (Lipinski definition) is 2. The van der Waals surface area contributed by atoms with E-state index in [1.807, 2.05) is 0 Å². The van der Waals surface area contributed by atoms with Gasteiger partial charge in [-0.05, 0) is 30.3 Å². The van der Waals surface area contributed by atoms with Crippen LogP contribution in [0.1, 0.15) is 5.56 Å². The van der Waals surface area contributed by atoms with Crippen LogP contribution in [0.3, 0.4) is 0 Å². The van der Waals surface area contributed by atoms with Crippen LogP contribution in [0.5, 0.6) is 0 Å². The molecule has 0 saturated carbocycles. The van der Waals surface area contributed by atoms with E-state index >= 15 is 0 Å². The molecule has 1 aromatic carbocycles. The molecule has 100 valence electrons. The van der Waals surface area contributed by atoms with Crippen molar-refractivity contribution in [3.63, 3.8) is 0 Å². The average Bonchev–Trinajstić information content (AvgIpc) is 2.32. The summed E-state index contributed by atoms with van der Waals surface area (Å²) in [5, 5.41) is 3.20. The lowest BCUT2D eigenvalue weighted by Gasteiger charge is -2.10. The average molecular weight is 288 g/mol. The Morgan fingerprint density at radius 2 is 1.79 bits per heavy atom. The summed E-state index contributed by atoms with van der Waals surface area (Å²) in [4.78, 5) is 3.95. The highest BCUT2D eigenvalue weighted by molar-refractivity contribution is 6.30. The lowest BCUT2D eigenvalue weighted by molar-refractivity contribution is -0.137. The maximum absolute atomic E-state index is 12.4. The third-order valence-corrected chi connectivity index (χ3v) is 2.57. The Morgan fingerprint density at radius 1 is 1.16 bits per heavy atom. The van der Waals surface area contributed by atoms with E-state index < -0.39 is 11.7 Å². The predicted octanol–water partition coefficient (Wildman–Crippen LogP) is 4.08. The second kappa shape index (κ2) is 4.97. The molecule has 0 saturated heterocycles. The first-order valence-corrected chi connectivity index (χ1v) is 5.59. The summed E-state index contributed by atoms with van der Waals surface area (Å²) >= 11 is 5.70. The predicted molar refractivity (Wildman–Crippen MR) is 68.4 cm³/mol. The van der Waals surface area contributed by atoms with Crippen molar-refractivity contribution in [3.05, 3.63) is 47.1 Å². The zero-order valence-corrected chi connectivity index (χ0v) is 10.3. The van der Waals surface area contributed by atoms with Crippen molar-refractivity contribution in [2.24, 2.45) is 0 Å². The van der Waals surface area contributed by atoms with Crippen LogP contribution in [0, 0.1) is 0 Å². The number of nitrogen functional groups attached to an aromatic ring is 1. The van der Waals surface area contributed by atoms with Gasteiger partial charge in [0.05, 0.1) is 16.3 Å². The first kappa shape index (κ1) is 13.5. The van der Waals surface area contributed by atoms with Gasteiger partial charge < -0.3 is 11.1 Å². The van der Waals surface area contributed by atoms with Crippen LogP contribution in [-0.4, -0.2) is 4.98 Å². The second-order valence-corrected chi connectivity index (χ2v) is 4.23. The summed E-state index contributed by atoms with van der Waals surface area (Å²) < 4.78 is 37.2. The quantitative estimate of drug-likeness (QED) is 0.875. The van der Waals surface area contributed by atoms with Crippen molar-refractivity contribution in [2.45, 2.75) is 6.18 Å². The fourth-order valence-electron chi connectivity index (χ4n) is 1.44. The zero-order valence-electron chi connectivity index (χ0n) is 9.50. The molecule has 0 atom stereocenters. The molecule has 2 aromatic rings. The number of pyridine rings is 1. The highest BCUT2D eigenvalue weighted by Gasteiger charge is 2.29. The van der Waals surface area contributed by atoms with Gasteiger partial charge in [0.15, 0.2) is 5.82 Å². The third kappa shape index (κ3) is 3.29. The molecule has 1 aromatic heterocycles. The number of halogens is 4. The highest BCUT2D eigenvalue weighted by Crippen LogP contribution is 2.30. The van der Waals surface area contributed by atoms with Crippen LogP contribution >= 0.6 is 11.6 Å². The van der Waals surface area contributed by atoms with Crippen LogP contribution in [0.2, 0.25) is 5.02 Å². The molecule has 0 fully saturated rings. The first-order chi connectivity index (χ1) is 8.86. The van der Waals surface area contributed by atoms with Gasteiger partial charge >= 0.3 is 6.18 Å². The summed E-state index contributed by atoms with van der Waals surface area (Å²) in [6, 6.07) is 6.07. The van der Waals surface area contributed by atoms with Crippen LogP contribution in [0.4, 0.5) is 30.4 Å². The van der Waals surface area contributed by atoms with E-state index in [9.17, 15) is 13.2 Å². The second-order valence-electron chi connectivity index (χ2n) is 3.79. The molecule has 19 heavy (non-hydrogen) atoms. The van der Waals surface area contributed by atoms with Crippen LogP contribution in [0.15, 0.2) is 36.5 Å². The minimum Gasteiger partial charge on any atom is -0.396 e. The fraction of sp³-hybridized carbons (Fsp3) is 0.0833. The molecule has 0 unspecified atom stereocenters. The molecule has 1 heterocycles. The minimum atomic E-state index is -4.35. The van der Waals surface area contributed by atoms with Crippen LogP contribution < -0.4 is 11.1 Å². The Balaban J connectivity index is 2.20. The molecular formula is C12H9ClF3N3. The number of anilines is 3. The van der Waals surface area contributed by atoms with Crippen molar-refractivity contribution in [2.75, 3.05) is 11.1 Å². The van der Waals surface area contributed by atoms with Crippen molar-refractivity contribution in [1.82, 2.24) is 4.98 Å². The topological polar surface area (TPSA) is 50.9 Å². The van der Waals surface area contributed by atoms with Crippen molar-refractivity contribution in [3.8, 4) is 0 Å². The molecule has 2 rings (SSSR count). The lowest BCUT2D eigenvalue weighted by Crippen LogP contribution is -2.05. The SMILES string of the molecule is Nc1cc(Cl)cnc1Nc1ccc(C(F)(F)F)cc1. The van der Waals surface area contributed by atoms with Gasteiger partial charge in [-0.15, -0.1) is 0 Å². The number of benzene rings is 1. The molecule has 3 N–H and O–H groups in total. The van der Waals surface area contributed by atoms with Gasteiger partial charge in [0.25, 0.3) is 0 Å². The van der Waals surface area contributed by atoms with E-state index in [-0.39, 0.29) is 0 Å². The van der Waals surface area contributed by atoms with E-state index in [2.05, 4.69) is 10.3 Å². The van der Waals surface area contributed by atoms with Gasteiger partial charge in [-0.1, -0.05) is 11.6 Å². The lowest BCUT2D eigenvalue weighted by atomic mass is 10.2. The van der Waals surface area contributed by atoms with Gasteiger partial charge in [0.2, 0.25) is 0 Å². The van der Waals surface area contributed by atoms with Crippen molar-refractivity contribution < 1.29 is 13.2 Å². The van der Waals surface area contributed by atoms with Crippen LogP contribution in [-0.2, 0) is 6.18 Å². The first-order valence-electron chi connectivity index (χ1n) is 5.21. The van der Waals surface area contributed by atoms with E-state index in [4.69, 9.17) is 17.3 Å². The molecule has 0 spiro atoms. The normalized spacial score (nSPS) is 11.4. The van der Waals surface area contributed by atoms with E-state index in [1.165, 1.54) is 24.4 Å².